The van der Waals surface area contributed by atoms with Crippen molar-refractivity contribution >= 4 is 30.0 Å². The molecule has 108 valence electrons. The van der Waals surface area contributed by atoms with Crippen molar-refractivity contribution in [3.63, 3.8) is 0 Å². The number of esters is 1. The quantitative estimate of drug-likeness (QED) is 0.688. The maximum Gasteiger partial charge on any atom is 0.313 e. The van der Waals surface area contributed by atoms with E-state index in [2.05, 4.69) is 4.74 Å². The summed E-state index contributed by atoms with van der Waals surface area (Å²) in [6.45, 7) is 2.95. The highest BCUT2D eigenvalue weighted by Gasteiger charge is 2.39. The van der Waals surface area contributed by atoms with Gasteiger partial charge < -0.3 is 10.5 Å². The Morgan fingerprint density at radius 2 is 1.84 bits per heavy atom. The molecule has 0 aliphatic carbocycles. The van der Waals surface area contributed by atoms with Crippen LogP contribution in [0.25, 0.3) is 0 Å². The van der Waals surface area contributed by atoms with Gasteiger partial charge in [0, 0.05) is 11.6 Å². The van der Waals surface area contributed by atoms with E-state index in [4.69, 9.17) is 17.3 Å². The van der Waals surface area contributed by atoms with Crippen molar-refractivity contribution in [2.75, 3.05) is 7.11 Å². The van der Waals surface area contributed by atoms with Gasteiger partial charge in [0.25, 0.3) is 0 Å². The number of hydrogen-bond acceptors (Lipinski definition) is 3. The van der Waals surface area contributed by atoms with Crippen LogP contribution in [0.3, 0.4) is 0 Å². The summed E-state index contributed by atoms with van der Waals surface area (Å²) in [5.74, 6) is -2.18. The molecule has 0 saturated heterocycles. The molecule has 0 aromatic heterocycles. The molecule has 3 nitrogen and oxygen atoms in total. The Kier molecular flexibility index (Phi) is 6.19. The molecule has 0 spiro atoms. The minimum absolute atomic E-state index is 0. The van der Waals surface area contributed by atoms with E-state index in [-0.39, 0.29) is 18.0 Å². The van der Waals surface area contributed by atoms with Crippen molar-refractivity contribution in [3.05, 3.63) is 34.4 Å². The summed E-state index contributed by atoms with van der Waals surface area (Å²) < 4.78 is 31.6. The monoisotopic (exact) mass is 313 g/mol. The molecule has 19 heavy (non-hydrogen) atoms. The number of carbonyl (C=O) groups excluding carboxylic acids is 1. The maximum atomic E-state index is 13.7. The second-order valence-electron chi connectivity index (χ2n) is 4.45. The molecule has 1 aromatic rings. The molecule has 0 aliphatic rings. The lowest BCUT2D eigenvalue weighted by atomic mass is 9.81. The summed E-state index contributed by atoms with van der Waals surface area (Å²) >= 11 is 5.70. The second kappa shape index (κ2) is 6.50. The molecule has 0 radical (unpaired) electrons. The molecule has 0 fully saturated rings. The molecule has 0 saturated carbocycles. The van der Waals surface area contributed by atoms with Gasteiger partial charge in [-0.15, -0.1) is 12.4 Å². The number of rotatable bonds is 3. The number of carbonyl (C=O) groups is 1. The van der Waals surface area contributed by atoms with E-state index < -0.39 is 34.1 Å². The molecule has 0 heterocycles. The summed E-state index contributed by atoms with van der Waals surface area (Å²) in [5, 5.41) is -0.417. The Bertz CT molecular complexity index is 481. The predicted octanol–water partition coefficient (Wildman–Crippen LogP) is 3.24. The summed E-state index contributed by atoms with van der Waals surface area (Å²) in [7, 11) is 1.19. The van der Waals surface area contributed by atoms with Gasteiger partial charge in [0.15, 0.2) is 0 Å². The minimum Gasteiger partial charge on any atom is -0.469 e. The van der Waals surface area contributed by atoms with Gasteiger partial charge in [0.1, 0.15) is 11.6 Å². The van der Waals surface area contributed by atoms with Crippen LogP contribution in [0.15, 0.2) is 12.1 Å². The summed E-state index contributed by atoms with van der Waals surface area (Å²) in [6, 6.07) is 0.705. The molecular weight excluding hydrogens is 299 g/mol. The van der Waals surface area contributed by atoms with Crippen LogP contribution < -0.4 is 5.73 Å². The molecule has 0 unspecified atom stereocenters. The molecule has 1 rings (SSSR count). The van der Waals surface area contributed by atoms with Crippen molar-refractivity contribution in [2.24, 2.45) is 11.1 Å². The lowest BCUT2D eigenvalue weighted by Crippen LogP contribution is -2.38. The van der Waals surface area contributed by atoms with Gasteiger partial charge in [-0.25, -0.2) is 8.78 Å². The van der Waals surface area contributed by atoms with E-state index >= 15 is 0 Å². The highest BCUT2D eigenvalue weighted by molar-refractivity contribution is 6.31. The van der Waals surface area contributed by atoms with E-state index in [0.717, 1.165) is 12.1 Å². The standard InChI is InChI=1S/C12H14ClF2NO2.ClH/c1-12(2,11(17)18-3)10(16)8-6(14)4-5-7(15)9(8)13;/h4-5,10H,16H2,1-3H3;1H/t10-;/m0./s1. The zero-order chi connectivity index (χ0) is 14.1. The van der Waals surface area contributed by atoms with Crippen molar-refractivity contribution in [1.29, 1.82) is 0 Å². The van der Waals surface area contributed by atoms with Crippen LogP contribution in [0.5, 0.6) is 0 Å². The third-order valence-corrected chi connectivity index (χ3v) is 3.26. The maximum absolute atomic E-state index is 13.7. The first-order valence-corrected chi connectivity index (χ1v) is 5.58. The molecule has 0 aliphatic heterocycles. The van der Waals surface area contributed by atoms with E-state index in [1.807, 2.05) is 0 Å². The van der Waals surface area contributed by atoms with Gasteiger partial charge in [0.05, 0.1) is 17.5 Å². The molecule has 1 atom stereocenters. The average Bonchev–Trinajstić information content (AvgIpc) is 2.33. The number of halogens is 4. The van der Waals surface area contributed by atoms with E-state index in [1.165, 1.54) is 21.0 Å². The molecular formula is C12H15Cl2F2NO2. The van der Waals surface area contributed by atoms with Gasteiger partial charge in [0.2, 0.25) is 0 Å². The van der Waals surface area contributed by atoms with Gasteiger partial charge in [-0.3, -0.25) is 4.79 Å². The lowest BCUT2D eigenvalue weighted by Gasteiger charge is -2.29. The zero-order valence-electron chi connectivity index (χ0n) is 10.7. The first-order valence-electron chi connectivity index (χ1n) is 5.20. The Hall–Kier alpha value is -0.910. The fraction of sp³-hybridized carbons (Fsp3) is 0.417. The lowest BCUT2D eigenvalue weighted by molar-refractivity contribution is -0.152. The minimum atomic E-state index is -1.23. The fourth-order valence-electron chi connectivity index (χ4n) is 1.58. The van der Waals surface area contributed by atoms with Crippen molar-refractivity contribution in [3.8, 4) is 0 Å². The van der Waals surface area contributed by atoms with Crippen molar-refractivity contribution < 1.29 is 18.3 Å². The van der Waals surface area contributed by atoms with Crippen LogP contribution in [-0.2, 0) is 9.53 Å². The topological polar surface area (TPSA) is 52.3 Å². The van der Waals surface area contributed by atoms with Crippen molar-refractivity contribution in [2.45, 2.75) is 19.9 Å². The summed E-state index contributed by atoms with van der Waals surface area (Å²) in [4.78, 5) is 11.6. The second-order valence-corrected chi connectivity index (χ2v) is 4.83. The first kappa shape index (κ1) is 18.1. The van der Waals surface area contributed by atoms with Crippen LogP contribution in [0.2, 0.25) is 5.02 Å². The Labute approximate surface area is 121 Å². The van der Waals surface area contributed by atoms with Gasteiger partial charge >= 0.3 is 5.97 Å². The third-order valence-electron chi connectivity index (χ3n) is 2.88. The normalized spacial score (nSPS) is 12.6. The predicted molar refractivity (Wildman–Crippen MR) is 71.3 cm³/mol. The smallest absolute Gasteiger partial charge is 0.313 e. The van der Waals surface area contributed by atoms with Crippen LogP contribution >= 0.6 is 24.0 Å². The molecule has 0 amide bonds. The molecule has 0 bridgehead atoms. The van der Waals surface area contributed by atoms with Crippen LogP contribution in [-0.4, -0.2) is 13.1 Å². The van der Waals surface area contributed by atoms with Gasteiger partial charge in [-0.2, -0.15) is 0 Å². The largest absolute Gasteiger partial charge is 0.469 e. The van der Waals surface area contributed by atoms with Gasteiger partial charge in [-0.1, -0.05) is 11.6 Å². The van der Waals surface area contributed by atoms with E-state index in [1.54, 1.807) is 0 Å². The summed E-state index contributed by atoms with van der Waals surface area (Å²) in [5.41, 5.74) is 4.37. The van der Waals surface area contributed by atoms with Crippen LogP contribution in [0, 0.1) is 17.0 Å². The number of methoxy groups -OCH3 is 1. The van der Waals surface area contributed by atoms with E-state index in [0.29, 0.717) is 0 Å². The SMILES string of the molecule is COC(=O)C(C)(C)[C@@H](N)c1c(F)ccc(F)c1Cl.Cl. The first-order chi connectivity index (χ1) is 8.23. The van der Waals surface area contributed by atoms with Crippen LogP contribution in [0.1, 0.15) is 25.5 Å². The number of ether oxygens (including phenoxy) is 1. The Morgan fingerprint density at radius 1 is 1.37 bits per heavy atom. The molecule has 7 heteroatoms. The molecule has 1 aromatic carbocycles. The zero-order valence-corrected chi connectivity index (χ0v) is 12.2. The van der Waals surface area contributed by atoms with Gasteiger partial charge in [-0.05, 0) is 26.0 Å². The van der Waals surface area contributed by atoms with Crippen molar-refractivity contribution in [1.82, 2.24) is 0 Å². The average molecular weight is 314 g/mol. The Morgan fingerprint density at radius 3 is 2.32 bits per heavy atom. The highest BCUT2D eigenvalue weighted by Crippen LogP contribution is 2.38. The molecule has 2 N–H and O–H groups in total. The highest BCUT2D eigenvalue weighted by atomic mass is 35.5. The summed E-state index contributed by atoms with van der Waals surface area (Å²) in [6.07, 6.45) is 0. The Balaban J connectivity index is 0.00000324. The third kappa shape index (κ3) is 3.35. The number of benzene rings is 1. The number of nitrogens with two attached hydrogens (primary N) is 1. The van der Waals surface area contributed by atoms with Crippen LogP contribution in [0.4, 0.5) is 8.78 Å². The number of hydrogen-bond donors (Lipinski definition) is 1. The van der Waals surface area contributed by atoms with E-state index in [9.17, 15) is 13.6 Å². The fourth-order valence-corrected chi connectivity index (χ4v) is 1.85.